The van der Waals surface area contributed by atoms with Gasteiger partial charge in [0.2, 0.25) is 6.33 Å². The second-order valence-electron chi connectivity index (χ2n) is 8.20. The fourth-order valence-electron chi connectivity index (χ4n) is 4.19. The molecule has 2 atom stereocenters. The average molecular weight is 389 g/mol. The number of phenols is 1. The van der Waals surface area contributed by atoms with Crippen LogP contribution in [0.1, 0.15) is 57.2 Å². The average Bonchev–Trinajstić information content (AvgIpc) is 3.20. The van der Waals surface area contributed by atoms with E-state index in [9.17, 15) is 5.11 Å². The zero-order valence-corrected chi connectivity index (χ0v) is 17.3. The lowest BCUT2D eigenvalue weighted by Crippen LogP contribution is -2.34. The Bertz CT molecular complexity index is 975. The zero-order chi connectivity index (χ0) is 20.2. The minimum absolute atomic E-state index is 0.207. The van der Waals surface area contributed by atoms with Gasteiger partial charge in [-0.15, -0.1) is 0 Å². The summed E-state index contributed by atoms with van der Waals surface area (Å²) in [6.07, 6.45) is 11.0. The molecule has 0 amide bonds. The first-order valence-corrected chi connectivity index (χ1v) is 10.6. The Balaban J connectivity index is 1.70. The lowest BCUT2D eigenvalue weighted by molar-refractivity contribution is -0.715. The van der Waals surface area contributed by atoms with Gasteiger partial charge >= 0.3 is 0 Å². The van der Waals surface area contributed by atoms with Gasteiger partial charge in [-0.05, 0) is 45.2 Å². The van der Waals surface area contributed by atoms with Crippen LogP contribution in [0.4, 0.5) is 0 Å². The van der Waals surface area contributed by atoms with Crippen LogP contribution in [0, 0.1) is 0 Å². The van der Waals surface area contributed by atoms with Crippen molar-refractivity contribution >= 4 is 6.21 Å². The highest BCUT2D eigenvalue weighted by Gasteiger charge is 2.33. The van der Waals surface area contributed by atoms with Crippen molar-refractivity contribution in [1.29, 1.82) is 0 Å². The lowest BCUT2D eigenvalue weighted by Gasteiger charge is -2.27. The van der Waals surface area contributed by atoms with Crippen LogP contribution in [0.2, 0.25) is 0 Å². The molecule has 1 aromatic heterocycles. The Morgan fingerprint density at radius 2 is 1.76 bits per heavy atom. The number of para-hydroxylation sites is 1. The Morgan fingerprint density at radius 3 is 2.52 bits per heavy atom. The van der Waals surface area contributed by atoms with E-state index in [1.807, 2.05) is 24.4 Å². The van der Waals surface area contributed by atoms with E-state index < -0.39 is 0 Å². The van der Waals surface area contributed by atoms with Crippen LogP contribution in [-0.2, 0) is 0 Å². The second kappa shape index (κ2) is 8.64. The van der Waals surface area contributed by atoms with Crippen molar-refractivity contribution in [2.45, 2.75) is 57.7 Å². The third kappa shape index (κ3) is 4.26. The number of aromatic nitrogens is 2. The molecule has 0 radical (unpaired) electrons. The van der Waals surface area contributed by atoms with Crippen molar-refractivity contribution in [3.8, 4) is 17.0 Å². The maximum atomic E-state index is 10.1. The number of aliphatic imine (C=N–C) groups is 1. The number of rotatable bonds is 5. The Morgan fingerprint density at radius 1 is 1.03 bits per heavy atom. The van der Waals surface area contributed by atoms with Crippen molar-refractivity contribution in [1.82, 2.24) is 4.57 Å². The maximum Gasteiger partial charge on any atom is 0.244 e. The van der Waals surface area contributed by atoms with Gasteiger partial charge in [0.1, 0.15) is 18.0 Å². The highest BCUT2D eigenvalue weighted by Crippen LogP contribution is 2.34. The summed E-state index contributed by atoms with van der Waals surface area (Å²) in [7, 11) is 0. The van der Waals surface area contributed by atoms with Crippen molar-refractivity contribution in [2.75, 3.05) is 0 Å². The molecule has 4 rings (SSSR count). The summed E-state index contributed by atoms with van der Waals surface area (Å²) in [4.78, 5) is 4.95. The highest BCUT2D eigenvalue weighted by atomic mass is 16.3. The van der Waals surface area contributed by atoms with Crippen LogP contribution >= 0.6 is 0 Å². The molecule has 1 N–H and O–H groups in total. The number of hydrogen-bond donors (Lipinski definition) is 1. The fourth-order valence-corrected chi connectivity index (χ4v) is 4.19. The number of nitrogens with zero attached hydrogens (tertiary/aromatic N) is 3. The SMILES string of the molecule is CC(C)[n+]1cc(-c2ccccc2)n([C@@H]2CCCC[C@H]2N=Cc2ccccc2O)c1. The normalized spacial score (nSPS) is 19.8. The number of benzene rings is 2. The minimum Gasteiger partial charge on any atom is -0.507 e. The van der Waals surface area contributed by atoms with E-state index in [1.165, 1.54) is 24.1 Å². The van der Waals surface area contributed by atoms with Gasteiger partial charge in [-0.25, -0.2) is 9.13 Å². The molecule has 0 saturated heterocycles. The van der Waals surface area contributed by atoms with Gasteiger partial charge in [0.15, 0.2) is 5.69 Å². The molecule has 29 heavy (non-hydrogen) atoms. The molecule has 1 saturated carbocycles. The van der Waals surface area contributed by atoms with E-state index in [-0.39, 0.29) is 11.8 Å². The summed E-state index contributed by atoms with van der Waals surface area (Å²) in [6, 6.07) is 19.0. The molecule has 2 aromatic carbocycles. The number of imidazole rings is 1. The predicted octanol–water partition coefficient (Wildman–Crippen LogP) is 5.33. The molecule has 4 nitrogen and oxygen atoms in total. The smallest absolute Gasteiger partial charge is 0.244 e. The Hall–Kier alpha value is -2.88. The van der Waals surface area contributed by atoms with Gasteiger partial charge in [0, 0.05) is 17.3 Å². The molecule has 0 bridgehead atoms. The van der Waals surface area contributed by atoms with Crippen molar-refractivity contribution in [3.63, 3.8) is 0 Å². The predicted molar refractivity (Wildman–Crippen MR) is 117 cm³/mol. The van der Waals surface area contributed by atoms with Crippen molar-refractivity contribution in [3.05, 3.63) is 72.7 Å². The van der Waals surface area contributed by atoms with E-state index in [0.717, 1.165) is 18.4 Å². The Kier molecular flexibility index (Phi) is 5.79. The summed E-state index contributed by atoms with van der Waals surface area (Å²) < 4.78 is 4.72. The second-order valence-corrected chi connectivity index (χ2v) is 8.20. The number of aromatic hydroxyl groups is 1. The maximum absolute atomic E-state index is 10.1. The molecule has 150 valence electrons. The van der Waals surface area contributed by atoms with Crippen LogP contribution in [0.5, 0.6) is 5.75 Å². The molecule has 1 aliphatic carbocycles. The molecule has 1 heterocycles. The summed E-state index contributed by atoms with van der Waals surface area (Å²) in [6.45, 7) is 4.43. The molecule has 0 aliphatic heterocycles. The molecular weight excluding hydrogens is 358 g/mol. The number of hydrogen-bond acceptors (Lipinski definition) is 2. The first-order chi connectivity index (χ1) is 14.1. The highest BCUT2D eigenvalue weighted by molar-refractivity contribution is 5.83. The van der Waals surface area contributed by atoms with Crippen LogP contribution < -0.4 is 4.57 Å². The summed E-state index contributed by atoms with van der Waals surface area (Å²) in [5, 5.41) is 10.1. The molecule has 3 aromatic rings. The van der Waals surface area contributed by atoms with Gasteiger partial charge in [0.25, 0.3) is 0 Å². The zero-order valence-electron chi connectivity index (χ0n) is 17.3. The van der Waals surface area contributed by atoms with Crippen molar-refractivity contribution in [2.24, 2.45) is 4.99 Å². The first-order valence-electron chi connectivity index (χ1n) is 10.6. The van der Waals surface area contributed by atoms with Crippen LogP contribution in [-0.4, -0.2) is 21.9 Å². The van der Waals surface area contributed by atoms with E-state index in [1.54, 1.807) is 6.07 Å². The van der Waals surface area contributed by atoms with Crippen LogP contribution in [0.15, 0.2) is 72.1 Å². The van der Waals surface area contributed by atoms with E-state index in [2.05, 4.69) is 65.8 Å². The van der Waals surface area contributed by atoms with Gasteiger partial charge in [-0.1, -0.05) is 48.9 Å². The topological polar surface area (TPSA) is 41.4 Å². The molecule has 1 aliphatic rings. The fraction of sp³-hybridized carbons (Fsp3) is 0.360. The minimum atomic E-state index is 0.207. The molecule has 4 heteroatoms. The largest absolute Gasteiger partial charge is 0.507 e. The van der Waals surface area contributed by atoms with Gasteiger partial charge < -0.3 is 5.11 Å². The van der Waals surface area contributed by atoms with Crippen LogP contribution in [0.3, 0.4) is 0 Å². The van der Waals surface area contributed by atoms with Crippen molar-refractivity contribution < 1.29 is 9.67 Å². The molecule has 0 unspecified atom stereocenters. The molecule has 0 spiro atoms. The lowest BCUT2D eigenvalue weighted by atomic mass is 9.90. The van der Waals surface area contributed by atoms with Gasteiger partial charge in [0.05, 0.1) is 12.1 Å². The molecular formula is C25H30N3O+. The monoisotopic (exact) mass is 388 g/mol. The Labute approximate surface area is 173 Å². The van der Waals surface area contributed by atoms with Crippen LogP contribution in [0.25, 0.3) is 11.3 Å². The molecule has 1 fully saturated rings. The number of phenolic OH excluding ortho intramolecular Hbond substituents is 1. The standard InChI is InChI=1S/C25H29N3O/c1-19(2)27-17-24(20-10-4-3-5-11-20)28(18-27)23-14-8-7-13-22(23)26-16-21-12-6-9-15-25(21)29/h3-6,9-12,15-19,22-23H,7-8,13-14H2,1-2H3/p+1/t22-,23-/m1/s1. The third-order valence-corrected chi connectivity index (χ3v) is 5.87. The van der Waals surface area contributed by atoms with E-state index >= 15 is 0 Å². The summed E-state index contributed by atoms with van der Waals surface area (Å²) >= 11 is 0. The summed E-state index contributed by atoms with van der Waals surface area (Å²) in [5.74, 6) is 0.284. The first kappa shape index (κ1) is 19.4. The third-order valence-electron chi connectivity index (χ3n) is 5.87. The van der Waals surface area contributed by atoms with Gasteiger partial charge in [-0.2, -0.15) is 0 Å². The summed E-state index contributed by atoms with van der Waals surface area (Å²) in [5.41, 5.74) is 3.26. The van der Waals surface area contributed by atoms with E-state index in [4.69, 9.17) is 4.99 Å². The van der Waals surface area contributed by atoms with Gasteiger partial charge in [-0.3, -0.25) is 4.99 Å². The van der Waals surface area contributed by atoms with E-state index in [0.29, 0.717) is 12.1 Å². The quantitative estimate of drug-likeness (QED) is 0.466.